The lowest BCUT2D eigenvalue weighted by Crippen LogP contribution is -2.53. The van der Waals surface area contributed by atoms with Crippen LogP contribution in [-0.2, 0) is 9.59 Å². The summed E-state index contributed by atoms with van der Waals surface area (Å²) in [5.74, 6) is 0.378. The molecule has 164 valence electrons. The number of fused-ring (bicyclic) bond motifs is 1. The van der Waals surface area contributed by atoms with Gasteiger partial charge in [-0.2, -0.15) is 0 Å². The average Bonchev–Trinajstić information content (AvgIpc) is 2.72. The van der Waals surface area contributed by atoms with E-state index < -0.39 is 0 Å². The maximum absolute atomic E-state index is 13.5. The molecule has 3 aliphatic rings. The van der Waals surface area contributed by atoms with E-state index in [0.29, 0.717) is 6.54 Å². The Balaban J connectivity index is 1.43. The monoisotopic (exact) mass is 411 g/mol. The van der Waals surface area contributed by atoms with Crippen molar-refractivity contribution in [2.45, 2.75) is 83.7 Å². The van der Waals surface area contributed by atoms with E-state index in [0.717, 1.165) is 43.3 Å². The van der Waals surface area contributed by atoms with Crippen molar-refractivity contribution in [2.24, 2.45) is 5.92 Å². The van der Waals surface area contributed by atoms with E-state index in [1.54, 1.807) is 6.92 Å². The highest BCUT2D eigenvalue weighted by Crippen LogP contribution is 2.37. The van der Waals surface area contributed by atoms with Crippen molar-refractivity contribution < 1.29 is 9.59 Å². The van der Waals surface area contributed by atoms with Gasteiger partial charge in [-0.15, -0.1) is 0 Å². The highest BCUT2D eigenvalue weighted by Gasteiger charge is 2.37. The standard InChI is InChI=1S/C25H37N3O2/c1-19-18-27(23-12-8-9-13-24(23)28(19)20(2)29)25(30)21-14-16-26(17-15-21)22-10-6-4-3-5-7-11-22/h8-9,12-13,19,21-22H,3-7,10-11,14-18H2,1-2H3/t19-/m0/s1. The van der Waals surface area contributed by atoms with Crippen LogP contribution in [0.25, 0.3) is 0 Å². The van der Waals surface area contributed by atoms with Crippen LogP contribution in [0.2, 0.25) is 0 Å². The molecule has 2 amide bonds. The number of likely N-dealkylation sites (tertiary alicyclic amines) is 1. The fraction of sp³-hybridized carbons (Fsp3) is 0.680. The minimum Gasteiger partial charge on any atom is -0.308 e. The minimum atomic E-state index is -0.00337. The van der Waals surface area contributed by atoms with Crippen LogP contribution < -0.4 is 9.80 Å². The molecule has 0 radical (unpaired) electrons. The van der Waals surface area contributed by atoms with Gasteiger partial charge in [-0.3, -0.25) is 9.59 Å². The number of carbonyl (C=O) groups is 2. The Hall–Kier alpha value is -1.88. The normalized spacial score (nSPS) is 24.8. The highest BCUT2D eigenvalue weighted by atomic mass is 16.2. The molecular formula is C25H37N3O2. The number of rotatable bonds is 2. The summed E-state index contributed by atoms with van der Waals surface area (Å²) in [5.41, 5.74) is 1.75. The lowest BCUT2D eigenvalue weighted by atomic mass is 9.90. The number of hydrogen-bond acceptors (Lipinski definition) is 3. The first-order valence-corrected chi connectivity index (χ1v) is 12.0. The molecule has 5 heteroatoms. The van der Waals surface area contributed by atoms with Gasteiger partial charge in [-0.25, -0.2) is 0 Å². The van der Waals surface area contributed by atoms with Crippen LogP contribution in [-0.4, -0.2) is 48.4 Å². The lowest BCUT2D eigenvalue weighted by Gasteiger charge is -2.43. The molecule has 4 rings (SSSR count). The fourth-order valence-corrected chi connectivity index (χ4v) is 5.80. The molecule has 2 fully saturated rings. The molecular weight excluding hydrogens is 374 g/mol. The molecule has 0 aromatic heterocycles. The Labute approximate surface area is 181 Å². The summed E-state index contributed by atoms with van der Waals surface area (Å²) in [6.07, 6.45) is 11.5. The third kappa shape index (κ3) is 4.41. The SMILES string of the molecule is CC(=O)N1c2ccccc2N(C(=O)C2CCN(C3CCCCCCC3)CC2)C[C@@H]1C. The van der Waals surface area contributed by atoms with Gasteiger partial charge in [0, 0.05) is 25.4 Å². The average molecular weight is 412 g/mol. The van der Waals surface area contributed by atoms with Crippen molar-refractivity contribution in [1.29, 1.82) is 0 Å². The van der Waals surface area contributed by atoms with Crippen molar-refractivity contribution in [3.8, 4) is 0 Å². The number of piperidine rings is 1. The zero-order valence-electron chi connectivity index (χ0n) is 18.7. The first kappa shape index (κ1) is 21.4. The Bertz CT molecular complexity index is 749. The number of benzene rings is 1. The maximum Gasteiger partial charge on any atom is 0.230 e. The van der Waals surface area contributed by atoms with Gasteiger partial charge < -0.3 is 14.7 Å². The maximum atomic E-state index is 13.5. The number of anilines is 2. The molecule has 0 spiro atoms. The summed E-state index contributed by atoms with van der Waals surface area (Å²) in [7, 11) is 0. The predicted octanol–water partition coefficient (Wildman–Crippen LogP) is 4.60. The minimum absolute atomic E-state index is 0.00337. The van der Waals surface area contributed by atoms with Crippen LogP contribution in [0.15, 0.2) is 24.3 Å². The van der Waals surface area contributed by atoms with Crippen molar-refractivity contribution in [3.63, 3.8) is 0 Å². The molecule has 0 bridgehead atoms. The largest absolute Gasteiger partial charge is 0.308 e. The van der Waals surface area contributed by atoms with E-state index in [9.17, 15) is 9.59 Å². The molecule has 1 saturated carbocycles. The highest BCUT2D eigenvalue weighted by molar-refractivity contribution is 6.04. The van der Waals surface area contributed by atoms with E-state index in [1.807, 2.05) is 41.0 Å². The molecule has 30 heavy (non-hydrogen) atoms. The van der Waals surface area contributed by atoms with Crippen LogP contribution in [0.4, 0.5) is 11.4 Å². The molecule has 1 aliphatic carbocycles. The topological polar surface area (TPSA) is 43.9 Å². The molecule has 5 nitrogen and oxygen atoms in total. The molecule has 1 aromatic carbocycles. The summed E-state index contributed by atoms with van der Waals surface area (Å²) in [4.78, 5) is 32.2. The van der Waals surface area contributed by atoms with Crippen LogP contribution >= 0.6 is 0 Å². The Morgan fingerprint density at radius 1 is 0.867 bits per heavy atom. The van der Waals surface area contributed by atoms with Crippen molar-refractivity contribution in [2.75, 3.05) is 29.4 Å². The predicted molar refractivity (Wildman–Crippen MR) is 122 cm³/mol. The zero-order valence-corrected chi connectivity index (χ0v) is 18.7. The van der Waals surface area contributed by atoms with Gasteiger partial charge in [0.15, 0.2) is 0 Å². The number of nitrogens with zero attached hydrogens (tertiary/aromatic N) is 3. The molecule has 0 N–H and O–H groups in total. The third-order valence-corrected chi connectivity index (χ3v) is 7.39. The Kier molecular flexibility index (Phi) is 6.77. The third-order valence-electron chi connectivity index (χ3n) is 7.39. The smallest absolute Gasteiger partial charge is 0.230 e. The number of para-hydroxylation sites is 2. The van der Waals surface area contributed by atoms with Gasteiger partial charge in [0.25, 0.3) is 0 Å². The van der Waals surface area contributed by atoms with Gasteiger partial charge in [0.05, 0.1) is 17.4 Å². The van der Waals surface area contributed by atoms with Crippen molar-refractivity contribution >= 4 is 23.2 Å². The van der Waals surface area contributed by atoms with Crippen molar-refractivity contribution in [3.05, 3.63) is 24.3 Å². The van der Waals surface area contributed by atoms with Crippen LogP contribution in [0.1, 0.15) is 71.6 Å². The number of carbonyl (C=O) groups excluding carboxylic acids is 2. The first-order valence-electron chi connectivity index (χ1n) is 12.0. The van der Waals surface area contributed by atoms with Gasteiger partial charge in [0.1, 0.15) is 0 Å². The van der Waals surface area contributed by atoms with Crippen molar-refractivity contribution in [1.82, 2.24) is 4.90 Å². The summed E-state index contributed by atoms with van der Waals surface area (Å²) in [5, 5.41) is 0. The lowest BCUT2D eigenvalue weighted by molar-refractivity contribution is -0.124. The van der Waals surface area contributed by atoms with Gasteiger partial charge in [-0.1, -0.05) is 44.2 Å². The fourth-order valence-electron chi connectivity index (χ4n) is 5.80. The van der Waals surface area contributed by atoms with Crippen LogP contribution in [0, 0.1) is 5.92 Å². The Morgan fingerprint density at radius 2 is 1.47 bits per heavy atom. The van der Waals surface area contributed by atoms with Gasteiger partial charge in [0.2, 0.25) is 11.8 Å². The van der Waals surface area contributed by atoms with Crippen LogP contribution in [0.3, 0.4) is 0 Å². The van der Waals surface area contributed by atoms with Crippen LogP contribution in [0.5, 0.6) is 0 Å². The van der Waals surface area contributed by atoms with E-state index >= 15 is 0 Å². The second-order valence-corrected chi connectivity index (χ2v) is 9.48. The Morgan fingerprint density at radius 3 is 2.10 bits per heavy atom. The summed E-state index contributed by atoms with van der Waals surface area (Å²) in [6.45, 7) is 6.32. The molecule has 1 atom stereocenters. The number of hydrogen-bond donors (Lipinski definition) is 0. The van der Waals surface area contributed by atoms with E-state index in [4.69, 9.17) is 0 Å². The molecule has 0 unspecified atom stereocenters. The molecule has 2 heterocycles. The quantitative estimate of drug-likeness (QED) is 0.714. The van der Waals surface area contributed by atoms with E-state index in [2.05, 4.69) is 4.90 Å². The first-order chi connectivity index (χ1) is 14.6. The van der Waals surface area contributed by atoms with E-state index in [-0.39, 0.29) is 23.8 Å². The molecule has 2 aliphatic heterocycles. The second-order valence-electron chi connectivity index (χ2n) is 9.48. The second kappa shape index (κ2) is 9.51. The summed E-state index contributed by atoms with van der Waals surface area (Å²) in [6, 6.07) is 8.58. The zero-order chi connectivity index (χ0) is 21.1. The van der Waals surface area contributed by atoms with Gasteiger partial charge in [-0.05, 0) is 57.8 Å². The van der Waals surface area contributed by atoms with Gasteiger partial charge >= 0.3 is 0 Å². The summed E-state index contributed by atoms with van der Waals surface area (Å²) < 4.78 is 0. The van der Waals surface area contributed by atoms with E-state index in [1.165, 1.54) is 44.9 Å². The molecule has 1 aromatic rings. The number of amides is 2. The summed E-state index contributed by atoms with van der Waals surface area (Å²) >= 11 is 0. The molecule has 1 saturated heterocycles.